The molecule has 0 saturated heterocycles. The Morgan fingerprint density at radius 1 is 1.06 bits per heavy atom. The Bertz CT molecular complexity index is 529. The first-order valence-corrected chi connectivity index (χ1v) is 4.89. The summed E-state index contributed by atoms with van der Waals surface area (Å²) in [5, 5.41) is 28.9. The van der Waals surface area contributed by atoms with Crippen LogP contribution in [0.1, 0.15) is 0 Å². The summed E-state index contributed by atoms with van der Waals surface area (Å²) in [6, 6.07) is 8.08. The standard InChI is InChI=1S/C10H8BClO4/c12-8-2-1-6-4-9(13)10(16-11(14)15)5-7(6)3-8/h1-5,13-15H. The van der Waals surface area contributed by atoms with Crippen LogP contribution < -0.4 is 4.65 Å². The molecule has 3 N–H and O–H groups in total. The van der Waals surface area contributed by atoms with Gasteiger partial charge in [0.25, 0.3) is 0 Å². The molecule has 0 unspecified atom stereocenters. The first-order chi connectivity index (χ1) is 7.56. The van der Waals surface area contributed by atoms with E-state index in [2.05, 4.69) is 4.65 Å². The molecule has 0 radical (unpaired) electrons. The summed E-state index contributed by atoms with van der Waals surface area (Å²) >= 11 is 5.81. The van der Waals surface area contributed by atoms with Gasteiger partial charge in [0.15, 0.2) is 5.75 Å². The normalized spacial score (nSPS) is 10.4. The van der Waals surface area contributed by atoms with E-state index in [1.54, 1.807) is 18.2 Å². The predicted octanol–water partition coefficient (Wildman–Crippen LogP) is 1.55. The fraction of sp³-hybridized carbons (Fsp3) is 0. The number of hydrogen-bond acceptors (Lipinski definition) is 4. The van der Waals surface area contributed by atoms with Crippen molar-refractivity contribution in [3.05, 3.63) is 35.4 Å². The average Bonchev–Trinajstić information content (AvgIpc) is 2.19. The van der Waals surface area contributed by atoms with Gasteiger partial charge in [0.2, 0.25) is 0 Å². The first-order valence-electron chi connectivity index (χ1n) is 4.51. The molecular weight excluding hydrogens is 230 g/mol. The number of aromatic hydroxyl groups is 1. The number of rotatable bonds is 2. The summed E-state index contributed by atoms with van der Waals surface area (Å²) in [5.41, 5.74) is 0. The van der Waals surface area contributed by atoms with Crippen LogP contribution in [0.5, 0.6) is 11.5 Å². The monoisotopic (exact) mass is 238 g/mol. The molecule has 0 aliphatic heterocycles. The van der Waals surface area contributed by atoms with Crippen molar-refractivity contribution in [2.75, 3.05) is 0 Å². The molecule has 16 heavy (non-hydrogen) atoms. The Hall–Kier alpha value is -1.43. The van der Waals surface area contributed by atoms with Crippen molar-refractivity contribution in [2.45, 2.75) is 0 Å². The lowest BCUT2D eigenvalue weighted by molar-refractivity contribution is 0.281. The van der Waals surface area contributed by atoms with Crippen LogP contribution in [-0.2, 0) is 0 Å². The lowest BCUT2D eigenvalue weighted by Gasteiger charge is -2.08. The average molecular weight is 238 g/mol. The number of hydrogen-bond donors (Lipinski definition) is 3. The maximum Gasteiger partial charge on any atom is 0.707 e. The summed E-state index contributed by atoms with van der Waals surface area (Å²) in [5.74, 6) is -0.173. The fourth-order valence-corrected chi connectivity index (χ4v) is 1.62. The number of phenolic OH excluding ortho intramolecular Hbond substituents is 1. The lowest BCUT2D eigenvalue weighted by atomic mass is 10.1. The minimum Gasteiger partial charge on any atom is -0.509 e. The van der Waals surface area contributed by atoms with Gasteiger partial charge in [0.1, 0.15) is 5.75 Å². The largest absolute Gasteiger partial charge is 0.707 e. The van der Waals surface area contributed by atoms with Gasteiger partial charge >= 0.3 is 7.32 Å². The Morgan fingerprint density at radius 2 is 1.81 bits per heavy atom. The molecule has 6 heteroatoms. The highest BCUT2D eigenvalue weighted by atomic mass is 35.5. The molecule has 0 aliphatic carbocycles. The Kier molecular flexibility index (Phi) is 2.91. The van der Waals surface area contributed by atoms with Crippen LogP contribution in [0.15, 0.2) is 30.3 Å². The third kappa shape index (κ3) is 2.22. The molecule has 0 fully saturated rings. The second-order valence-electron chi connectivity index (χ2n) is 3.26. The zero-order valence-electron chi connectivity index (χ0n) is 8.09. The van der Waals surface area contributed by atoms with Crippen molar-refractivity contribution < 1.29 is 19.8 Å². The van der Waals surface area contributed by atoms with E-state index in [1.807, 2.05) is 0 Å². The van der Waals surface area contributed by atoms with Crippen LogP contribution in [0.4, 0.5) is 0 Å². The van der Waals surface area contributed by atoms with Crippen molar-refractivity contribution in [3.63, 3.8) is 0 Å². The number of halogens is 1. The molecule has 2 rings (SSSR count). The van der Waals surface area contributed by atoms with Gasteiger partial charge in [-0.15, -0.1) is 0 Å². The van der Waals surface area contributed by atoms with Crippen molar-refractivity contribution >= 4 is 29.7 Å². The molecule has 2 aromatic carbocycles. The summed E-state index contributed by atoms with van der Waals surface area (Å²) < 4.78 is 4.61. The lowest BCUT2D eigenvalue weighted by Crippen LogP contribution is -2.20. The molecule has 0 spiro atoms. The van der Waals surface area contributed by atoms with Crippen molar-refractivity contribution in [3.8, 4) is 11.5 Å². The highest BCUT2D eigenvalue weighted by Crippen LogP contribution is 2.32. The summed E-state index contributed by atoms with van der Waals surface area (Å²) in [6.07, 6.45) is 0. The van der Waals surface area contributed by atoms with E-state index in [4.69, 9.17) is 21.6 Å². The Balaban J connectivity index is 2.55. The van der Waals surface area contributed by atoms with Gasteiger partial charge in [-0.1, -0.05) is 17.7 Å². The molecule has 0 bridgehead atoms. The maximum atomic E-state index is 9.55. The molecule has 0 atom stereocenters. The quantitative estimate of drug-likeness (QED) is 0.694. The van der Waals surface area contributed by atoms with E-state index >= 15 is 0 Å². The summed E-state index contributed by atoms with van der Waals surface area (Å²) in [6.45, 7) is 0. The number of benzene rings is 2. The third-order valence-electron chi connectivity index (χ3n) is 2.11. The van der Waals surface area contributed by atoms with Crippen LogP contribution in [0.25, 0.3) is 10.8 Å². The maximum absolute atomic E-state index is 9.55. The smallest absolute Gasteiger partial charge is 0.509 e. The zero-order valence-corrected chi connectivity index (χ0v) is 8.85. The molecule has 0 aliphatic rings. The van der Waals surface area contributed by atoms with Gasteiger partial charge in [0.05, 0.1) is 0 Å². The molecular formula is C10H8BClO4. The molecule has 0 amide bonds. The minimum atomic E-state index is -1.97. The first kappa shape index (κ1) is 11.1. The predicted molar refractivity (Wildman–Crippen MR) is 61.4 cm³/mol. The van der Waals surface area contributed by atoms with Crippen LogP contribution >= 0.6 is 11.6 Å². The third-order valence-corrected chi connectivity index (χ3v) is 2.35. The van der Waals surface area contributed by atoms with Gasteiger partial charge in [-0.3, -0.25) is 0 Å². The van der Waals surface area contributed by atoms with Crippen LogP contribution in [0.2, 0.25) is 5.02 Å². The molecule has 0 aromatic heterocycles. The topological polar surface area (TPSA) is 69.9 Å². The zero-order chi connectivity index (χ0) is 11.7. The number of phenols is 1. The highest BCUT2D eigenvalue weighted by molar-refractivity contribution is 6.34. The van der Waals surface area contributed by atoms with Gasteiger partial charge < -0.3 is 19.8 Å². The SMILES string of the molecule is OB(O)Oc1cc2cc(Cl)ccc2cc1O. The molecule has 82 valence electrons. The van der Waals surface area contributed by atoms with Crippen molar-refractivity contribution in [2.24, 2.45) is 0 Å². The van der Waals surface area contributed by atoms with Gasteiger partial charge in [-0.2, -0.15) is 0 Å². The minimum absolute atomic E-state index is 0.00948. The molecule has 0 saturated carbocycles. The van der Waals surface area contributed by atoms with E-state index in [9.17, 15) is 5.11 Å². The molecule has 4 nitrogen and oxygen atoms in total. The summed E-state index contributed by atoms with van der Waals surface area (Å²) in [4.78, 5) is 0. The van der Waals surface area contributed by atoms with E-state index in [0.717, 1.165) is 10.8 Å². The van der Waals surface area contributed by atoms with Crippen molar-refractivity contribution in [1.29, 1.82) is 0 Å². The fourth-order valence-electron chi connectivity index (χ4n) is 1.44. The van der Waals surface area contributed by atoms with E-state index in [1.165, 1.54) is 12.1 Å². The van der Waals surface area contributed by atoms with Crippen LogP contribution in [0.3, 0.4) is 0 Å². The van der Waals surface area contributed by atoms with E-state index in [0.29, 0.717) is 5.02 Å². The second-order valence-corrected chi connectivity index (χ2v) is 3.69. The number of fused-ring (bicyclic) bond motifs is 1. The van der Waals surface area contributed by atoms with Crippen LogP contribution in [0, 0.1) is 0 Å². The Labute approximate surface area is 96.8 Å². The van der Waals surface area contributed by atoms with E-state index in [-0.39, 0.29) is 11.5 Å². The Morgan fingerprint density at radius 3 is 2.50 bits per heavy atom. The molecule has 0 heterocycles. The van der Waals surface area contributed by atoms with Crippen molar-refractivity contribution in [1.82, 2.24) is 0 Å². The van der Waals surface area contributed by atoms with Gasteiger partial charge in [-0.25, -0.2) is 0 Å². The van der Waals surface area contributed by atoms with Gasteiger partial charge in [0, 0.05) is 5.02 Å². The second kappa shape index (κ2) is 4.21. The highest BCUT2D eigenvalue weighted by Gasteiger charge is 2.14. The molecule has 2 aromatic rings. The van der Waals surface area contributed by atoms with Gasteiger partial charge in [-0.05, 0) is 35.0 Å². The van der Waals surface area contributed by atoms with Crippen LogP contribution in [-0.4, -0.2) is 22.5 Å². The summed E-state index contributed by atoms with van der Waals surface area (Å²) in [7, 11) is -1.97. The van der Waals surface area contributed by atoms with E-state index < -0.39 is 7.32 Å².